The molecule has 0 bridgehead atoms. The van der Waals surface area contributed by atoms with Crippen LogP contribution >= 0.6 is 0 Å². The standard InChI is InChI=1S/C27H27FN2O4/c28-23-6-2-1-4-19(23)9-12-29-26(31)25-17-20-16-21(7-8-24(20)34-25)27(32)10-13-30(14-11-27)18-22-5-3-15-33-22/h1-8,15-17,32H,9-14,18H2,(H,29,31). The second-order valence-electron chi connectivity index (χ2n) is 8.85. The Labute approximate surface area is 197 Å². The van der Waals surface area contributed by atoms with E-state index >= 15 is 0 Å². The van der Waals surface area contributed by atoms with Crippen LogP contribution in [0, 0.1) is 5.82 Å². The summed E-state index contributed by atoms with van der Waals surface area (Å²) in [5.41, 5.74) is 1.04. The van der Waals surface area contributed by atoms with Crippen LogP contribution in [0.5, 0.6) is 0 Å². The van der Waals surface area contributed by atoms with E-state index < -0.39 is 5.60 Å². The molecule has 7 heteroatoms. The summed E-state index contributed by atoms with van der Waals surface area (Å²) in [6.45, 7) is 2.56. The average Bonchev–Trinajstić information content (AvgIpc) is 3.51. The Bertz CT molecular complexity index is 1270. The molecule has 3 heterocycles. The van der Waals surface area contributed by atoms with E-state index in [1.54, 1.807) is 36.6 Å². The van der Waals surface area contributed by atoms with E-state index in [1.807, 2.05) is 24.3 Å². The highest BCUT2D eigenvalue weighted by atomic mass is 19.1. The number of likely N-dealkylation sites (tertiary alicyclic amines) is 1. The lowest BCUT2D eigenvalue weighted by Crippen LogP contribution is -2.42. The van der Waals surface area contributed by atoms with Crippen LogP contribution in [0.4, 0.5) is 4.39 Å². The van der Waals surface area contributed by atoms with Crippen molar-refractivity contribution in [3.05, 3.63) is 95.4 Å². The number of piperidine rings is 1. The molecule has 1 saturated heterocycles. The van der Waals surface area contributed by atoms with Crippen LogP contribution in [0.25, 0.3) is 11.0 Å². The van der Waals surface area contributed by atoms with E-state index in [4.69, 9.17) is 8.83 Å². The van der Waals surface area contributed by atoms with E-state index in [1.165, 1.54) is 6.07 Å². The lowest BCUT2D eigenvalue weighted by Gasteiger charge is -2.38. The SMILES string of the molecule is O=C(NCCc1ccccc1F)c1cc2cc(C3(O)CCN(Cc4ccco4)CC3)ccc2o1. The molecule has 0 spiro atoms. The maximum Gasteiger partial charge on any atom is 0.287 e. The zero-order valence-electron chi connectivity index (χ0n) is 18.8. The fourth-order valence-electron chi connectivity index (χ4n) is 4.54. The molecule has 34 heavy (non-hydrogen) atoms. The number of aliphatic hydroxyl groups is 1. The van der Waals surface area contributed by atoms with Gasteiger partial charge in [0.15, 0.2) is 5.76 Å². The smallest absolute Gasteiger partial charge is 0.287 e. The molecule has 176 valence electrons. The Morgan fingerprint density at radius 3 is 2.68 bits per heavy atom. The number of furan rings is 2. The number of rotatable bonds is 7. The van der Waals surface area contributed by atoms with Crippen LogP contribution in [-0.2, 0) is 18.6 Å². The number of carbonyl (C=O) groups excluding carboxylic acids is 1. The van der Waals surface area contributed by atoms with E-state index in [-0.39, 0.29) is 17.5 Å². The minimum absolute atomic E-state index is 0.195. The van der Waals surface area contributed by atoms with Gasteiger partial charge in [-0.3, -0.25) is 9.69 Å². The Hall–Kier alpha value is -3.42. The summed E-state index contributed by atoms with van der Waals surface area (Å²) in [5, 5.41) is 14.9. The number of hydrogen-bond acceptors (Lipinski definition) is 5. The van der Waals surface area contributed by atoms with Gasteiger partial charge in [0.2, 0.25) is 0 Å². The van der Waals surface area contributed by atoms with Gasteiger partial charge in [0.25, 0.3) is 5.91 Å². The van der Waals surface area contributed by atoms with Crippen LogP contribution in [0.2, 0.25) is 0 Å². The third-order valence-electron chi connectivity index (χ3n) is 6.56. The summed E-state index contributed by atoms with van der Waals surface area (Å²) in [4.78, 5) is 14.8. The summed E-state index contributed by atoms with van der Waals surface area (Å²) in [5.74, 6) is 0.489. The quantitative estimate of drug-likeness (QED) is 0.419. The van der Waals surface area contributed by atoms with E-state index in [9.17, 15) is 14.3 Å². The Balaban J connectivity index is 1.22. The van der Waals surface area contributed by atoms with Gasteiger partial charge in [0.1, 0.15) is 17.2 Å². The minimum Gasteiger partial charge on any atom is -0.468 e. The van der Waals surface area contributed by atoms with Gasteiger partial charge in [-0.2, -0.15) is 0 Å². The van der Waals surface area contributed by atoms with E-state index in [0.29, 0.717) is 37.0 Å². The number of halogens is 1. The maximum atomic E-state index is 13.7. The Morgan fingerprint density at radius 2 is 1.91 bits per heavy atom. The van der Waals surface area contributed by atoms with Crippen molar-refractivity contribution in [3.8, 4) is 0 Å². The van der Waals surface area contributed by atoms with Crippen molar-refractivity contribution in [3.63, 3.8) is 0 Å². The molecular formula is C27H27FN2O4. The van der Waals surface area contributed by atoms with Crippen molar-refractivity contribution in [2.45, 2.75) is 31.4 Å². The molecule has 1 aliphatic rings. The number of hydrogen-bond donors (Lipinski definition) is 2. The van der Waals surface area contributed by atoms with Crippen LogP contribution in [0.1, 0.15) is 40.3 Å². The molecule has 1 amide bonds. The third-order valence-corrected chi connectivity index (χ3v) is 6.56. The lowest BCUT2D eigenvalue weighted by molar-refractivity contribution is -0.0288. The van der Waals surface area contributed by atoms with Crippen molar-refractivity contribution in [2.75, 3.05) is 19.6 Å². The number of amides is 1. The average molecular weight is 463 g/mol. The molecule has 1 fully saturated rings. The highest BCUT2D eigenvalue weighted by molar-refractivity contribution is 5.96. The monoisotopic (exact) mass is 462 g/mol. The van der Waals surface area contributed by atoms with Crippen molar-refractivity contribution >= 4 is 16.9 Å². The molecule has 2 aromatic carbocycles. The number of nitrogens with zero attached hydrogens (tertiary/aromatic N) is 1. The van der Waals surface area contributed by atoms with E-state index in [0.717, 1.165) is 36.3 Å². The molecule has 0 unspecified atom stereocenters. The zero-order chi connectivity index (χ0) is 23.5. The fraction of sp³-hybridized carbons (Fsp3) is 0.296. The first-order chi connectivity index (χ1) is 16.5. The van der Waals surface area contributed by atoms with Gasteiger partial charge >= 0.3 is 0 Å². The van der Waals surface area contributed by atoms with Gasteiger partial charge < -0.3 is 19.3 Å². The second-order valence-corrected chi connectivity index (χ2v) is 8.85. The molecule has 0 atom stereocenters. The van der Waals surface area contributed by atoms with Gasteiger partial charge in [-0.15, -0.1) is 0 Å². The van der Waals surface area contributed by atoms with Gasteiger partial charge in [-0.1, -0.05) is 24.3 Å². The first-order valence-electron chi connectivity index (χ1n) is 11.5. The van der Waals surface area contributed by atoms with Gasteiger partial charge in [-0.25, -0.2) is 4.39 Å². The number of fused-ring (bicyclic) bond motifs is 1. The molecule has 0 saturated carbocycles. The summed E-state index contributed by atoms with van der Waals surface area (Å²) in [6.07, 6.45) is 3.29. The summed E-state index contributed by atoms with van der Waals surface area (Å²) >= 11 is 0. The normalized spacial score (nSPS) is 16.1. The van der Waals surface area contributed by atoms with Crippen molar-refractivity contribution in [1.29, 1.82) is 0 Å². The maximum absolute atomic E-state index is 13.7. The number of benzene rings is 2. The largest absolute Gasteiger partial charge is 0.468 e. The highest BCUT2D eigenvalue weighted by Gasteiger charge is 2.34. The molecule has 1 aliphatic heterocycles. The second kappa shape index (κ2) is 9.44. The minimum atomic E-state index is -0.923. The zero-order valence-corrected chi connectivity index (χ0v) is 18.8. The van der Waals surface area contributed by atoms with Gasteiger partial charge in [-0.05, 0) is 66.8 Å². The topological polar surface area (TPSA) is 78.9 Å². The molecule has 6 nitrogen and oxygen atoms in total. The summed E-state index contributed by atoms with van der Waals surface area (Å²) in [6, 6.07) is 17.6. The van der Waals surface area contributed by atoms with Crippen LogP contribution < -0.4 is 5.32 Å². The fourth-order valence-corrected chi connectivity index (χ4v) is 4.54. The number of nitrogens with one attached hydrogen (secondary N) is 1. The Morgan fingerprint density at radius 1 is 1.09 bits per heavy atom. The van der Waals surface area contributed by atoms with Crippen molar-refractivity contribution < 1.29 is 23.1 Å². The van der Waals surface area contributed by atoms with Gasteiger partial charge in [0, 0.05) is 25.0 Å². The predicted octanol–water partition coefficient (Wildman–Crippen LogP) is 4.62. The third kappa shape index (κ3) is 4.76. The molecule has 0 radical (unpaired) electrons. The Kier molecular flexibility index (Phi) is 6.22. The van der Waals surface area contributed by atoms with Crippen molar-refractivity contribution in [2.24, 2.45) is 0 Å². The lowest BCUT2D eigenvalue weighted by atomic mass is 9.84. The molecule has 2 aromatic heterocycles. The van der Waals surface area contributed by atoms with Crippen LogP contribution in [-0.4, -0.2) is 35.5 Å². The first-order valence-corrected chi connectivity index (χ1v) is 11.5. The summed E-state index contributed by atoms with van der Waals surface area (Å²) in [7, 11) is 0. The molecule has 0 aliphatic carbocycles. The summed E-state index contributed by atoms with van der Waals surface area (Å²) < 4.78 is 24.9. The van der Waals surface area contributed by atoms with Crippen LogP contribution in [0.3, 0.4) is 0 Å². The van der Waals surface area contributed by atoms with Crippen LogP contribution in [0.15, 0.2) is 75.8 Å². The highest BCUT2D eigenvalue weighted by Crippen LogP contribution is 2.35. The first kappa shape index (κ1) is 22.4. The molecule has 5 rings (SSSR count). The molecular weight excluding hydrogens is 435 g/mol. The molecule has 4 aromatic rings. The number of carbonyl (C=O) groups is 1. The van der Waals surface area contributed by atoms with E-state index in [2.05, 4.69) is 10.2 Å². The predicted molar refractivity (Wildman–Crippen MR) is 126 cm³/mol. The molecule has 2 N–H and O–H groups in total. The van der Waals surface area contributed by atoms with Crippen molar-refractivity contribution in [1.82, 2.24) is 10.2 Å². The van der Waals surface area contributed by atoms with Gasteiger partial charge in [0.05, 0.1) is 18.4 Å².